The minimum Gasteiger partial charge on any atom is -0.342 e. The molecule has 6 nitrogen and oxygen atoms in total. The van der Waals surface area contributed by atoms with Gasteiger partial charge in [-0.15, -0.1) is 5.10 Å². The number of benzene rings is 1. The van der Waals surface area contributed by atoms with Gasteiger partial charge in [0.05, 0.1) is 12.1 Å². The van der Waals surface area contributed by atoms with Gasteiger partial charge in [-0.2, -0.15) is 0 Å². The second kappa shape index (κ2) is 6.87. The third-order valence-corrected chi connectivity index (χ3v) is 4.71. The van der Waals surface area contributed by atoms with Crippen molar-refractivity contribution in [3.05, 3.63) is 40.4 Å². The highest BCUT2D eigenvalue weighted by Crippen LogP contribution is 2.16. The van der Waals surface area contributed by atoms with Crippen molar-refractivity contribution in [1.29, 1.82) is 0 Å². The number of carbonyl (C=O) groups is 2. The second-order valence-electron chi connectivity index (χ2n) is 5.60. The molecule has 2 aromatic rings. The first-order valence-corrected chi connectivity index (χ1v) is 8.38. The van der Waals surface area contributed by atoms with Gasteiger partial charge in [0.2, 0.25) is 5.91 Å². The van der Waals surface area contributed by atoms with Crippen LogP contribution in [-0.2, 0) is 11.2 Å². The predicted molar refractivity (Wildman–Crippen MR) is 88.6 cm³/mol. The number of nitrogens with zero attached hydrogens (tertiary/aromatic N) is 3. The van der Waals surface area contributed by atoms with Gasteiger partial charge in [0.1, 0.15) is 4.88 Å². The largest absolute Gasteiger partial charge is 0.342 e. The Bertz CT molecular complexity index is 705. The Morgan fingerprint density at radius 2 is 1.91 bits per heavy atom. The molecule has 1 aliphatic heterocycles. The minimum atomic E-state index is -0.210. The fourth-order valence-corrected chi connectivity index (χ4v) is 3.14. The number of likely N-dealkylation sites (tertiary alicyclic amines) is 1. The average Bonchev–Trinajstić information content (AvgIpc) is 3.20. The Morgan fingerprint density at radius 1 is 1.22 bits per heavy atom. The van der Waals surface area contributed by atoms with Crippen molar-refractivity contribution in [3.8, 4) is 0 Å². The molecular weight excluding hydrogens is 312 g/mol. The number of hydrogen-bond acceptors (Lipinski definition) is 5. The van der Waals surface area contributed by atoms with Crippen molar-refractivity contribution in [3.63, 3.8) is 0 Å². The smallest absolute Gasteiger partial charge is 0.269 e. The molecule has 3 rings (SSSR count). The van der Waals surface area contributed by atoms with Crippen LogP contribution in [0.5, 0.6) is 0 Å². The van der Waals surface area contributed by atoms with Crippen molar-refractivity contribution in [1.82, 2.24) is 14.5 Å². The van der Waals surface area contributed by atoms with Crippen molar-refractivity contribution in [2.75, 3.05) is 18.4 Å². The standard InChI is InChI=1S/C16H18N4O2S/c1-11-15(23-19-18-11)16(22)17-13-6-4-12(5-7-13)10-14(21)20-8-2-3-9-20/h4-7H,2-3,8-10H2,1H3,(H,17,22). The third kappa shape index (κ3) is 3.73. The lowest BCUT2D eigenvalue weighted by Crippen LogP contribution is -2.29. The number of rotatable bonds is 4. The van der Waals surface area contributed by atoms with E-state index in [9.17, 15) is 9.59 Å². The molecule has 0 bridgehead atoms. The maximum Gasteiger partial charge on any atom is 0.269 e. The molecule has 2 amide bonds. The summed E-state index contributed by atoms with van der Waals surface area (Å²) in [5.74, 6) is -0.0379. The summed E-state index contributed by atoms with van der Waals surface area (Å²) in [6, 6.07) is 7.38. The molecule has 1 N–H and O–H groups in total. The van der Waals surface area contributed by atoms with Crippen molar-refractivity contribution in [2.45, 2.75) is 26.2 Å². The summed E-state index contributed by atoms with van der Waals surface area (Å²) < 4.78 is 3.76. The number of amides is 2. The molecule has 120 valence electrons. The van der Waals surface area contributed by atoms with Gasteiger partial charge in [-0.1, -0.05) is 16.6 Å². The molecule has 0 radical (unpaired) electrons. The second-order valence-corrected chi connectivity index (χ2v) is 6.36. The Labute approximate surface area is 138 Å². The van der Waals surface area contributed by atoms with Crippen molar-refractivity contribution >= 4 is 29.0 Å². The van der Waals surface area contributed by atoms with Gasteiger partial charge in [0.25, 0.3) is 5.91 Å². The molecule has 0 unspecified atom stereocenters. The van der Waals surface area contributed by atoms with Gasteiger partial charge in [0, 0.05) is 18.8 Å². The van der Waals surface area contributed by atoms with Crippen LogP contribution in [0.3, 0.4) is 0 Å². The molecule has 23 heavy (non-hydrogen) atoms. The summed E-state index contributed by atoms with van der Waals surface area (Å²) in [7, 11) is 0. The average molecular weight is 330 g/mol. The van der Waals surface area contributed by atoms with E-state index in [1.165, 1.54) is 0 Å². The molecule has 1 saturated heterocycles. The van der Waals surface area contributed by atoms with Crippen LogP contribution in [-0.4, -0.2) is 39.4 Å². The summed E-state index contributed by atoms with van der Waals surface area (Å²) in [6.45, 7) is 3.50. The van der Waals surface area contributed by atoms with Crippen LogP contribution < -0.4 is 5.32 Å². The van der Waals surface area contributed by atoms with Gasteiger partial charge in [-0.05, 0) is 49.0 Å². The number of anilines is 1. The molecule has 0 saturated carbocycles. The van der Waals surface area contributed by atoms with E-state index in [1.807, 2.05) is 29.2 Å². The molecule has 1 aromatic heterocycles. The van der Waals surface area contributed by atoms with E-state index in [4.69, 9.17) is 0 Å². The third-order valence-electron chi connectivity index (χ3n) is 3.88. The molecular formula is C16H18N4O2S. The Balaban J connectivity index is 1.59. The van der Waals surface area contributed by atoms with E-state index in [0.29, 0.717) is 22.7 Å². The molecule has 2 heterocycles. The number of nitrogens with one attached hydrogen (secondary N) is 1. The zero-order valence-corrected chi connectivity index (χ0v) is 13.7. The van der Waals surface area contributed by atoms with Crippen molar-refractivity contribution < 1.29 is 9.59 Å². The number of aryl methyl sites for hydroxylation is 1. The van der Waals surface area contributed by atoms with E-state index in [2.05, 4.69) is 14.9 Å². The van der Waals surface area contributed by atoms with E-state index in [1.54, 1.807) is 6.92 Å². The summed E-state index contributed by atoms with van der Waals surface area (Å²) in [5.41, 5.74) is 2.27. The van der Waals surface area contributed by atoms with Crippen molar-refractivity contribution in [2.24, 2.45) is 0 Å². The van der Waals surface area contributed by atoms with Crippen LogP contribution in [0.2, 0.25) is 0 Å². The van der Waals surface area contributed by atoms with Gasteiger partial charge < -0.3 is 10.2 Å². The maximum absolute atomic E-state index is 12.1. The lowest BCUT2D eigenvalue weighted by molar-refractivity contribution is -0.129. The Hall–Kier alpha value is -2.28. The van der Waals surface area contributed by atoms with Gasteiger partial charge in [0.15, 0.2) is 0 Å². The first kappa shape index (κ1) is 15.6. The molecule has 0 atom stereocenters. The normalized spacial score (nSPS) is 14.0. The zero-order chi connectivity index (χ0) is 16.2. The fraction of sp³-hybridized carbons (Fsp3) is 0.375. The predicted octanol–water partition coefficient (Wildman–Crippen LogP) is 2.26. The summed E-state index contributed by atoms with van der Waals surface area (Å²) in [4.78, 5) is 26.6. The topological polar surface area (TPSA) is 75.2 Å². The quantitative estimate of drug-likeness (QED) is 0.933. The monoisotopic (exact) mass is 330 g/mol. The van der Waals surface area contributed by atoms with E-state index >= 15 is 0 Å². The molecule has 7 heteroatoms. The highest BCUT2D eigenvalue weighted by molar-refractivity contribution is 7.08. The van der Waals surface area contributed by atoms with Gasteiger partial charge in [-0.3, -0.25) is 9.59 Å². The first-order valence-electron chi connectivity index (χ1n) is 7.60. The van der Waals surface area contributed by atoms with Crippen LogP contribution in [0.25, 0.3) is 0 Å². The van der Waals surface area contributed by atoms with E-state index < -0.39 is 0 Å². The first-order chi connectivity index (χ1) is 11.1. The lowest BCUT2D eigenvalue weighted by atomic mass is 10.1. The van der Waals surface area contributed by atoms with Gasteiger partial charge in [-0.25, -0.2) is 0 Å². The molecule has 0 aliphatic carbocycles. The molecule has 1 aliphatic rings. The SMILES string of the molecule is Cc1nnsc1C(=O)Nc1ccc(CC(=O)N2CCCC2)cc1. The highest BCUT2D eigenvalue weighted by Gasteiger charge is 2.18. The van der Waals surface area contributed by atoms with Crippen LogP contribution in [0, 0.1) is 6.92 Å². The summed E-state index contributed by atoms with van der Waals surface area (Å²) in [6.07, 6.45) is 2.61. The maximum atomic E-state index is 12.1. The molecule has 1 aromatic carbocycles. The van der Waals surface area contributed by atoms with Crippen LogP contribution >= 0.6 is 11.5 Å². The van der Waals surface area contributed by atoms with Gasteiger partial charge >= 0.3 is 0 Å². The zero-order valence-electron chi connectivity index (χ0n) is 12.9. The fourth-order valence-electron chi connectivity index (χ4n) is 2.59. The Kier molecular flexibility index (Phi) is 4.66. The number of aromatic nitrogens is 2. The minimum absolute atomic E-state index is 0.172. The lowest BCUT2D eigenvalue weighted by Gasteiger charge is -2.15. The highest BCUT2D eigenvalue weighted by atomic mass is 32.1. The number of hydrogen-bond donors (Lipinski definition) is 1. The Morgan fingerprint density at radius 3 is 2.52 bits per heavy atom. The van der Waals surface area contributed by atoms with E-state index in [0.717, 1.165) is 43.0 Å². The summed E-state index contributed by atoms with van der Waals surface area (Å²) >= 11 is 1.08. The number of carbonyl (C=O) groups excluding carboxylic acids is 2. The van der Waals surface area contributed by atoms with Crippen LogP contribution in [0.15, 0.2) is 24.3 Å². The van der Waals surface area contributed by atoms with E-state index in [-0.39, 0.29) is 11.8 Å². The van der Waals surface area contributed by atoms with Crippen LogP contribution in [0.1, 0.15) is 33.8 Å². The summed E-state index contributed by atoms with van der Waals surface area (Å²) in [5, 5.41) is 6.65. The van der Waals surface area contributed by atoms with Crippen LogP contribution in [0.4, 0.5) is 5.69 Å². The molecule has 0 spiro atoms. The molecule has 1 fully saturated rings.